The first-order valence-corrected chi connectivity index (χ1v) is 8.61. The van der Waals surface area contributed by atoms with Crippen molar-refractivity contribution < 1.29 is 14.0 Å². The van der Waals surface area contributed by atoms with E-state index in [0.717, 1.165) is 12.8 Å². The predicted molar refractivity (Wildman–Crippen MR) is 86.8 cm³/mol. The highest BCUT2D eigenvalue weighted by Gasteiger charge is 2.21. The zero-order valence-electron chi connectivity index (χ0n) is 11.9. The van der Waals surface area contributed by atoms with Crippen molar-refractivity contribution in [1.82, 2.24) is 10.9 Å². The highest BCUT2D eigenvalue weighted by Crippen LogP contribution is 2.32. The summed E-state index contributed by atoms with van der Waals surface area (Å²) in [5.74, 6) is 0.00148. The minimum atomic E-state index is -0.492. The third kappa shape index (κ3) is 3.25. The van der Waals surface area contributed by atoms with Crippen molar-refractivity contribution in [2.75, 3.05) is 0 Å². The third-order valence-corrected chi connectivity index (χ3v) is 5.30. The van der Waals surface area contributed by atoms with Crippen LogP contribution in [0.4, 0.5) is 0 Å². The molecular weight excluding hydrogens is 368 g/mol. The molecule has 0 bridgehead atoms. The molecule has 2 N–H and O–H groups in total. The summed E-state index contributed by atoms with van der Waals surface area (Å²) in [6, 6.07) is 5.07. The van der Waals surface area contributed by atoms with E-state index in [9.17, 15) is 9.59 Å². The van der Waals surface area contributed by atoms with Crippen LogP contribution in [0.25, 0.3) is 0 Å². The Labute approximate surface area is 140 Å². The lowest BCUT2D eigenvalue weighted by atomic mass is 9.90. The van der Waals surface area contributed by atoms with Crippen molar-refractivity contribution in [3.05, 3.63) is 43.9 Å². The molecular formula is C15H15BrN2O3S. The Morgan fingerprint density at radius 3 is 2.82 bits per heavy atom. The summed E-state index contributed by atoms with van der Waals surface area (Å²) in [7, 11) is 0. The van der Waals surface area contributed by atoms with Crippen molar-refractivity contribution in [1.29, 1.82) is 0 Å². The van der Waals surface area contributed by atoms with Gasteiger partial charge in [-0.1, -0.05) is 6.92 Å². The van der Waals surface area contributed by atoms with Gasteiger partial charge in [-0.2, -0.15) is 0 Å². The topological polar surface area (TPSA) is 71.3 Å². The number of hydrogen-bond donors (Lipinski definition) is 2. The number of carbonyl (C=O) groups is 2. The molecule has 1 unspecified atom stereocenters. The largest absolute Gasteiger partial charge is 0.444 e. The molecule has 2 aromatic heterocycles. The number of aryl methyl sites for hydroxylation is 1. The van der Waals surface area contributed by atoms with Gasteiger partial charge in [0, 0.05) is 4.88 Å². The molecule has 1 aliphatic rings. The van der Waals surface area contributed by atoms with Gasteiger partial charge < -0.3 is 4.42 Å². The fourth-order valence-electron chi connectivity index (χ4n) is 2.49. The number of nitrogens with one attached hydrogen (secondary N) is 2. The van der Waals surface area contributed by atoms with Crippen LogP contribution < -0.4 is 10.9 Å². The standard InChI is InChI=1S/C15H15BrN2O3S/c1-8-2-4-11-9(6-8)7-12(22-11)15(20)18-17-14(19)10-3-5-13(16)21-10/h3,5,7-8H,2,4,6H2,1H3,(H,17,19)(H,18,20). The van der Waals surface area contributed by atoms with E-state index >= 15 is 0 Å². The number of fused-ring (bicyclic) bond motifs is 1. The normalized spacial score (nSPS) is 16.9. The summed E-state index contributed by atoms with van der Waals surface area (Å²) in [5.41, 5.74) is 6.04. The van der Waals surface area contributed by atoms with Crippen LogP contribution >= 0.6 is 27.3 Å². The van der Waals surface area contributed by atoms with Gasteiger partial charge in [0.25, 0.3) is 5.91 Å². The van der Waals surface area contributed by atoms with Crippen LogP contribution in [0.3, 0.4) is 0 Å². The molecule has 2 aromatic rings. The molecule has 3 rings (SSSR count). The number of amides is 2. The molecule has 22 heavy (non-hydrogen) atoms. The smallest absolute Gasteiger partial charge is 0.305 e. The third-order valence-electron chi connectivity index (χ3n) is 3.64. The van der Waals surface area contributed by atoms with Crippen molar-refractivity contribution in [2.24, 2.45) is 5.92 Å². The Balaban J connectivity index is 1.62. The fourth-order valence-corrected chi connectivity index (χ4v) is 3.90. The second-order valence-electron chi connectivity index (χ2n) is 5.42. The van der Waals surface area contributed by atoms with Gasteiger partial charge in [0.2, 0.25) is 0 Å². The van der Waals surface area contributed by atoms with Gasteiger partial charge in [0.05, 0.1) is 4.88 Å². The van der Waals surface area contributed by atoms with Crippen molar-refractivity contribution in [2.45, 2.75) is 26.2 Å². The molecule has 2 heterocycles. The molecule has 0 saturated carbocycles. The van der Waals surface area contributed by atoms with E-state index in [1.807, 2.05) is 6.07 Å². The van der Waals surface area contributed by atoms with Gasteiger partial charge >= 0.3 is 5.91 Å². The number of hydrogen-bond acceptors (Lipinski definition) is 4. The number of carbonyl (C=O) groups excluding carboxylic acids is 2. The summed E-state index contributed by atoms with van der Waals surface area (Å²) >= 11 is 4.62. The van der Waals surface area contributed by atoms with E-state index in [1.54, 1.807) is 6.07 Å². The molecule has 1 aliphatic carbocycles. The summed E-state index contributed by atoms with van der Waals surface area (Å²) < 4.78 is 5.58. The van der Waals surface area contributed by atoms with Crippen LogP contribution in [0.2, 0.25) is 0 Å². The second-order valence-corrected chi connectivity index (χ2v) is 7.34. The van der Waals surface area contributed by atoms with Gasteiger partial charge in [-0.05, 0) is 64.9 Å². The lowest BCUT2D eigenvalue weighted by Gasteiger charge is -2.16. The van der Waals surface area contributed by atoms with Crippen LogP contribution in [0, 0.1) is 5.92 Å². The first-order chi connectivity index (χ1) is 10.5. The Morgan fingerprint density at radius 1 is 1.32 bits per heavy atom. The summed E-state index contributed by atoms with van der Waals surface area (Å²) in [6.45, 7) is 2.22. The lowest BCUT2D eigenvalue weighted by Crippen LogP contribution is -2.41. The Hall–Kier alpha value is -1.60. The highest BCUT2D eigenvalue weighted by atomic mass is 79.9. The average Bonchev–Trinajstić information content (AvgIpc) is 3.10. The molecule has 0 saturated heterocycles. The van der Waals surface area contributed by atoms with E-state index < -0.39 is 5.91 Å². The maximum absolute atomic E-state index is 12.1. The maximum Gasteiger partial charge on any atom is 0.305 e. The number of furan rings is 1. The summed E-state index contributed by atoms with van der Waals surface area (Å²) in [6.07, 6.45) is 3.21. The van der Waals surface area contributed by atoms with E-state index in [4.69, 9.17) is 4.42 Å². The predicted octanol–water partition coefficient (Wildman–Crippen LogP) is 3.30. The van der Waals surface area contributed by atoms with Gasteiger partial charge in [-0.25, -0.2) is 0 Å². The molecule has 5 nitrogen and oxygen atoms in total. The fraction of sp³-hybridized carbons (Fsp3) is 0.333. The van der Waals surface area contributed by atoms with Crippen molar-refractivity contribution >= 4 is 39.1 Å². The number of thiophene rings is 1. The van der Waals surface area contributed by atoms with Crippen LogP contribution in [0.5, 0.6) is 0 Å². The van der Waals surface area contributed by atoms with Gasteiger partial charge in [0.1, 0.15) is 0 Å². The zero-order valence-corrected chi connectivity index (χ0v) is 14.3. The summed E-state index contributed by atoms with van der Waals surface area (Å²) in [5, 5.41) is 0. The minimum absolute atomic E-state index is 0.131. The minimum Gasteiger partial charge on any atom is -0.444 e. The van der Waals surface area contributed by atoms with E-state index in [2.05, 4.69) is 33.7 Å². The number of rotatable bonds is 2. The molecule has 0 spiro atoms. The first-order valence-electron chi connectivity index (χ1n) is 7.00. The second kappa shape index (κ2) is 6.26. The van der Waals surface area contributed by atoms with Crippen molar-refractivity contribution in [3.63, 3.8) is 0 Å². The number of hydrazine groups is 1. The number of halogens is 1. The Bertz CT molecular complexity index is 722. The van der Waals surface area contributed by atoms with Gasteiger partial charge in [-0.15, -0.1) is 11.3 Å². The average molecular weight is 383 g/mol. The lowest BCUT2D eigenvalue weighted by molar-refractivity contribution is 0.0832. The zero-order chi connectivity index (χ0) is 15.7. The van der Waals surface area contributed by atoms with E-state index in [1.165, 1.54) is 34.3 Å². The Morgan fingerprint density at radius 2 is 2.09 bits per heavy atom. The molecule has 0 radical (unpaired) electrons. The maximum atomic E-state index is 12.1. The molecule has 0 fully saturated rings. The highest BCUT2D eigenvalue weighted by molar-refractivity contribution is 9.10. The quantitative estimate of drug-likeness (QED) is 0.782. The molecule has 116 valence electrons. The first kappa shape index (κ1) is 15.3. The van der Waals surface area contributed by atoms with Gasteiger partial charge in [-0.3, -0.25) is 20.4 Å². The van der Waals surface area contributed by atoms with Gasteiger partial charge in [0.15, 0.2) is 10.4 Å². The van der Waals surface area contributed by atoms with Crippen molar-refractivity contribution in [3.8, 4) is 0 Å². The van der Waals surface area contributed by atoms with E-state index in [-0.39, 0.29) is 11.7 Å². The molecule has 0 aromatic carbocycles. The monoisotopic (exact) mass is 382 g/mol. The van der Waals surface area contributed by atoms with E-state index in [0.29, 0.717) is 15.5 Å². The SMILES string of the molecule is CC1CCc2sc(C(=O)NNC(=O)c3ccc(Br)o3)cc2C1. The summed E-state index contributed by atoms with van der Waals surface area (Å²) in [4.78, 5) is 25.8. The van der Waals surface area contributed by atoms with Crippen LogP contribution in [0.1, 0.15) is 44.0 Å². The van der Waals surface area contributed by atoms with Crippen LogP contribution in [-0.2, 0) is 12.8 Å². The molecule has 1 atom stereocenters. The molecule has 7 heteroatoms. The molecule has 0 aliphatic heterocycles. The Kier molecular flexibility index (Phi) is 4.35. The van der Waals surface area contributed by atoms with Crippen LogP contribution in [0.15, 0.2) is 27.3 Å². The van der Waals surface area contributed by atoms with Crippen LogP contribution in [-0.4, -0.2) is 11.8 Å². The molecule has 2 amide bonds.